The maximum atomic E-state index is 12.5. The van der Waals surface area contributed by atoms with Crippen LogP contribution in [-0.4, -0.2) is 47.6 Å². The molecule has 1 fully saturated rings. The summed E-state index contributed by atoms with van der Waals surface area (Å²) in [6.07, 6.45) is 5.73. The minimum atomic E-state index is -0.179. The van der Waals surface area contributed by atoms with Crippen LogP contribution < -0.4 is 15.0 Å². The van der Waals surface area contributed by atoms with Crippen LogP contribution >= 0.6 is 11.3 Å². The van der Waals surface area contributed by atoms with Gasteiger partial charge in [-0.25, -0.2) is 15.0 Å². The molecule has 3 aromatic rings. The number of piperidine rings is 1. The van der Waals surface area contributed by atoms with Crippen molar-refractivity contribution in [2.75, 3.05) is 31.6 Å². The van der Waals surface area contributed by atoms with Crippen molar-refractivity contribution in [2.24, 2.45) is 0 Å². The molecular weight excluding hydrogens is 398 g/mol. The maximum absolute atomic E-state index is 12.5. The fraction of sp³-hybridized carbons (Fsp3) is 0.364. The third kappa shape index (κ3) is 4.94. The average Bonchev–Trinajstić information content (AvgIpc) is 3.28. The zero-order valence-corrected chi connectivity index (χ0v) is 17.8. The first kappa shape index (κ1) is 20.3. The van der Waals surface area contributed by atoms with Gasteiger partial charge in [-0.15, -0.1) is 11.3 Å². The molecule has 156 valence electrons. The molecule has 0 atom stereocenters. The smallest absolute Gasteiger partial charge is 0.270 e. The molecule has 0 saturated carbocycles. The summed E-state index contributed by atoms with van der Waals surface area (Å²) < 4.78 is 5.20. The molecule has 0 spiro atoms. The Bertz CT molecular complexity index is 983. The van der Waals surface area contributed by atoms with E-state index in [-0.39, 0.29) is 5.91 Å². The Morgan fingerprint density at radius 3 is 2.73 bits per heavy atom. The highest BCUT2D eigenvalue weighted by Gasteiger charge is 2.15. The Morgan fingerprint density at radius 2 is 1.97 bits per heavy atom. The third-order valence-corrected chi connectivity index (χ3v) is 6.06. The van der Waals surface area contributed by atoms with E-state index in [4.69, 9.17) is 4.74 Å². The molecule has 2 aromatic heterocycles. The van der Waals surface area contributed by atoms with Crippen LogP contribution in [0.4, 0.5) is 5.82 Å². The molecular formula is C22H25N5O2S. The fourth-order valence-corrected chi connectivity index (χ4v) is 4.31. The van der Waals surface area contributed by atoms with E-state index >= 15 is 0 Å². The Morgan fingerprint density at radius 1 is 1.17 bits per heavy atom. The molecule has 1 N–H and O–H groups in total. The molecule has 1 amide bonds. The van der Waals surface area contributed by atoms with Crippen molar-refractivity contribution in [1.29, 1.82) is 0 Å². The van der Waals surface area contributed by atoms with Crippen molar-refractivity contribution < 1.29 is 9.53 Å². The highest BCUT2D eigenvalue weighted by Crippen LogP contribution is 2.25. The quantitative estimate of drug-likeness (QED) is 0.626. The first-order valence-electron chi connectivity index (χ1n) is 10.2. The van der Waals surface area contributed by atoms with Crippen LogP contribution in [-0.2, 0) is 6.42 Å². The highest BCUT2D eigenvalue weighted by molar-refractivity contribution is 7.13. The van der Waals surface area contributed by atoms with Crippen LogP contribution in [0.15, 0.2) is 42.0 Å². The lowest BCUT2D eigenvalue weighted by Gasteiger charge is -2.27. The molecule has 1 aliphatic heterocycles. The number of rotatable bonds is 7. The summed E-state index contributed by atoms with van der Waals surface area (Å²) >= 11 is 1.60. The second-order valence-electron chi connectivity index (χ2n) is 7.19. The van der Waals surface area contributed by atoms with E-state index in [2.05, 4.69) is 25.2 Å². The van der Waals surface area contributed by atoms with Crippen molar-refractivity contribution in [2.45, 2.75) is 25.7 Å². The van der Waals surface area contributed by atoms with Crippen LogP contribution in [0.25, 0.3) is 10.6 Å². The number of methoxy groups -OCH3 is 1. The normalized spacial score (nSPS) is 13.8. The van der Waals surface area contributed by atoms with E-state index < -0.39 is 0 Å². The lowest BCUT2D eigenvalue weighted by molar-refractivity contribution is 0.0949. The standard InChI is InChI=1S/C22H25N5O2S/c1-29-18-7-5-16(6-8-18)22-26-17(14-30-22)9-10-23-21(28)19-13-20(25-15-24-19)27-11-3-2-4-12-27/h5-8,13-15H,2-4,9-12H2,1H3,(H,23,28). The minimum Gasteiger partial charge on any atom is -0.497 e. The number of benzene rings is 1. The number of carbonyl (C=O) groups is 1. The van der Waals surface area contributed by atoms with E-state index in [0.29, 0.717) is 18.7 Å². The number of nitrogens with one attached hydrogen (secondary N) is 1. The highest BCUT2D eigenvalue weighted by atomic mass is 32.1. The molecule has 1 saturated heterocycles. The zero-order valence-electron chi connectivity index (χ0n) is 17.0. The van der Waals surface area contributed by atoms with Gasteiger partial charge < -0.3 is 15.0 Å². The number of hydrogen-bond donors (Lipinski definition) is 1. The molecule has 0 bridgehead atoms. The van der Waals surface area contributed by atoms with Gasteiger partial charge >= 0.3 is 0 Å². The molecule has 0 unspecified atom stereocenters. The summed E-state index contributed by atoms with van der Waals surface area (Å²) in [4.78, 5) is 27.9. The van der Waals surface area contributed by atoms with E-state index in [1.807, 2.05) is 29.6 Å². The van der Waals surface area contributed by atoms with Gasteiger partial charge in [0.05, 0.1) is 12.8 Å². The SMILES string of the molecule is COc1ccc(-c2nc(CCNC(=O)c3cc(N4CCCCC4)ncn3)cs2)cc1. The molecule has 8 heteroatoms. The zero-order chi connectivity index (χ0) is 20.8. The predicted octanol–water partition coefficient (Wildman–Crippen LogP) is 3.57. The molecule has 3 heterocycles. The number of nitrogens with zero attached hydrogens (tertiary/aromatic N) is 4. The first-order chi connectivity index (χ1) is 14.7. The number of hydrogen-bond acceptors (Lipinski definition) is 7. The number of ether oxygens (including phenoxy) is 1. The summed E-state index contributed by atoms with van der Waals surface area (Å²) in [5, 5.41) is 5.93. The Labute approximate surface area is 180 Å². The lowest BCUT2D eigenvalue weighted by Crippen LogP contribution is -2.31. The van der Waals surface area contributed by atoms with Gasteiger partial charge in [-0.2, -0.15) is 0 Å². The molecule has 0 aliphatic carbocycles. The van der Waals surface area contributed by atoms with Crippen molar-refractivity contribution in [3.8, 4) is 16.3 Å². The van der Waals surface area contributed by atoms with Crippen LogP contribution in [0.1, 0.15) is 35.4 Å². The number of amides is 1. The summed E-state index contributed by atoms with van der Waals surface area (Å²) in [5.41, 5.74) is 2.42. The molecule has 4 rings (SSSR count). The third-order valence-electron chi connectivity index (χ3n) is 5.12. The summed E-state index contributed by atoms with van der Waals surface area (Å²) in [5.74, 6) is 1.48. The number of carbonyl (C=O) groups excluding carboxylic acids is 1. The second-order valence-corrected chi connectivity index (χ2v) is 8.05. The fourth-order valence-electron chi connectivity index (χ4n) is 3.45. The van der Waals surface area contributed by atoms with E-state index in [1.54, 1.807) is 24.5 Å². The van der Waals surface area contributed by atoms with Crippen molar-refractivity contribution in [3.63, 3.8) is 0 Å². The van der Waals surface area contributed by atoms with Crippen LogP contribution in [0.5, 0.6) is 5.75 Å². The Balaban J connectivity index is 1.31. The average molecular weight is 424 g/mol. The lowest BCUT2D eigenvalue weighted by atomic mass is 10.1. The maximum Gasteiger partial charge on any atom is 0.270 e. The van der Waals surface area contributed by atoms with Crippen LogP contribution in [0.3, 0.4) is 0 Å². The number of aromatic nitrogens is 3. The van der Waals surface area contributed by atoms with Crippen molar-refractivity contribution in [3.05, 3.63) is 53.4 Å². The topological polar surface area (TPSA) is 80.2 Å². The van der Waals surface area contributed by atoms with Crippen LogP contribution in [0.2, 0.25) is 0 Å². The van der Waals surface area contributed by atoms with Gasteiger partial charge in [0.15, 0.2) is 0 Å². The monoisotopic (exact) mass is 423 g/mol. The van der Waals surface area contributed by atoms with Gasteiger partial charge in [0.25, 0.3) is 5.91 Å². The summed E-state index contributed by atoms with van der Waals surface area (Å²) in [6, 6.07) is 9.63. The molecule has 7 nitrogen and oxygen atoms in total. The Kier molecular flexibility index (Phi) is 6.53. The second kappa shape index (κ2) is 9.67. The number of anilines is 1. The molecule has 1 aliphatic rings. The van der Waals surface area contributed by atoms with Gasteiger partial charge in [0.1, 0.15) is 28.6 Å². The van der Waals surface area contributed by atoms with E-state index in [0.717, 1.165) is 53.8 Å². The minimum absolute atomic E-state index is 0.179. The summed E-state index contributed by atoms with van der Waals surface area (Å²) in [7, 11) is 1.65. The van der Waals surface area contributed by atoms with E-state index in [1.165, 1.54) is 12.7 Å². The van der Waals surface area contributed by atoms with Gasteiger partial charge in [-0.1, -0.05) is 0 Å². The molecule has 1 aromatic carbocycles. The predicted molar refractivity (Wildman–Crippen MR) is 118 cm³/mol. The van der Waals surface area contributed by atoms with Gasteiger partial charge in [0, 0.05) is 43.1 Å². The van der Waals surface area contributed by atoms with E-state index in [9.17, 15) is 4.79 Å². The molecule has 0 radical (unpaired) electrons. The van der Waals surface area contributed by atoms with Gasteiger partial charge in [-0.05, 0) is 43.5 Å². The summed E-state index contributed by atoms with van der Waals surface area (Å²) in [6.45, 7) is 2.48. The molecule has 30 heavy (non-hydrogen) atoms. The van der Waals surface area contributed by atoms with Crippen LogP contribution in [0, 0.1) is 0 Å². The van der Waals surface area contributed by atoms with Crippen molar-refractivity contribution >= 4 is 23.1 Å². The first-order valence-corrected chi connectivity index (χ1v) is 11.0. The van der Waals surface area contributed by atoms with Gasteiger partial charge in [0.2, 0.25) is 0 Å². The Hall–Kier alpha value is -3.00. The van der Waals surface area contributed by atoms with Gasteiger partial charge in [-0.3, -0.25) is 4.79 Å². The largest absolute Gasteiger partial charge is 0.497 e. The van der Waals surface area contributed by atoms with Crippen molar-refractivity contribution in [1.82, 2.24) is 20.3 Å². The number of thiazole rings is 1.